The number of Topliss-reactive ketones (excluding diaryl/α,β-unsaturated/α-hetero) is 1. The molecule has 3 atom stereocenters. The van der Waals surface area contributed by atoms with E-state index >= 15 is 0 Å². The zero-order valence-corrected chi connectivity index (χ0v) is 17.1. The lowest BCUT2D eigenvalue weighted by Gasteiger charge is -2.35. The van der Waals surface area contributed by atoms with Crippen molar-refractivity contribution < 1.29 is 18.7 Å². The van der Waals surface area contributed by atoms with Gasteiger partial charge >= 0.3 is 0 Å². The maximum absolute atomic E-state index is 13.5. The number of amides is 1. The molecule has 1 amide bonds. The SMILES string of the molecule is CSc1ccc(C2C3=C(OC4CCCCC4C3=O)C(=O)N2Cc2ccco2)cc1. The fourth-order valence-corrected chi connectivity index (χ4v) is 5.17. The summed E-state index contributed by atoms with van der Waals surface area (Å²) in [5.74, 6) is 0.683. The quantitative estimate of drug-likeness (QED) is 0.696. The average Bonchev–Trinajstić information content (AvgIpc) is 3.36. The topological polar surface area (TPSA) is 59.8 Å². The van der Waals surface area contributed by atoms with Gasteiger partial charge in [-0.25, -0.2) is 0 Å². The van der Waals surface area contributed by atoms with E-state index in [1.165, 1.54) is 0 Å². The van der Waals surface area contributed by atoms with Crippen LogP contribution in [0.5, 0.6) is 0 Å². The van der Waals surface area contributed by atoms with Gasteiger partial charge in [-0.3, -0.25) is 9.59 Å². The van der Waals surface area contributed by atoms with Gasteiger partial charge in [-0.1, -0.05) is 18.6 Å². The second-order valence-corrected chi connectivity index (χ2v) is 8.72. The van der Waals surface area contributed by atoms with Gasteiger partial charge in [-0.15, -0.1) is 11.8 Å². The number of benzene rings is 1. The molecule has 0 spiro atoms. The third-order valence-electron chi connectivity index (χ3n) is 6.20. The zero-order chi connectivity index (χ0) is 20.0. The summed E-state index contributed by atoms with van der Waals surface area (Å²) in [6.45, 7) is 0.305. The lowest BCUT2D eigenvalue weighted by molar-refractivity contribution is -0.135. The Labute approximate surface area is 174 Å². The number of carbonyl (C=O) groups excluding carboxylic acids is 2. The van der Waals surface area contributed by atoms with Crippen LogP contribution in [0.4, 0.5) is 0 Å². The van der Waals surface area contributed by atoms with E-state index in [0.29, 0.717) is 17.9 Å². The van der Waals surface area contributed by atoms with Crippen LogP contribution in [-0.2, 0) is 20.9 Å². The molecule has 5 rings (SSSR count). The molecule has 150 valence electrons. The molecule has 2 aromatic rings. The number of fused-ring (bicyclic) bond motifs is 1. The van der Waals surface area contributed by atoms with Gasteiger partial charge in [0.15, 0.2) is 11.5 Å². The highest BCUT2D eigenvalue weighted by molar-refractivity contribution is 7.98. The first kappa shape index (κ1) is 18.6. The predicted molar refractivity (Wildman–Crippen MR) is 109 cm³/mol. The van der Waals surface area contributed by atoms with Crippen LogP contribution in [0.2, 0.25) is 0 Å². The van der Waals surface area contributed by atoms with E-state index in [4.69, 9.17) is 9.15 Å². The second-order valence-electron chi connectivity index (χ2n) is 7.84. The van der Waals surface area contributed by atoms with Crippen LogP contribution in [0.3, 0.4) is 0 Å². The molecule has 6 heteroatoms. The van der Waals surface area contributed by atoms with Gasteiger partial charge < -0.3 is 14.1 Å². The summed E-state index contributed by atoms with van der Waals surface area (Å²) < 4.78 is 11.7. The predicted octanol–water partition coefficient (Wildman–Crippen LogP) is 4.50. The van der Waals surface area contributed by atoms with E-state index in [1.807, 2.05) is 42.7 Å². The number of thioether (sulfide) groups is 1. The summed E-state index contributed by atoms with van der Waals surface area (Å²) >= 11 is 1.66. The molecule has 1 aromatic carbocycles. The molecule has 2 aliphatic heterocycles. The van der Waals surface area contributed by atoms with Crippen LogP contribution in [0.25, 0.3) is 0 Å². The molecular weight excluding hydrogens is 386 g/mol. The first-order valence-electron chi connectivity index (χ1n) is 10.1. The smallest absolute Gasteiger partial charge is 0.290 e. The number of ketones is 1. The van der Waals surface area contributed by atoms with Gasteiger partial charge in [0, 0.05) is 4.90 Å². The Bertz CT molecular complexity index is 963. The van der Waals surface area contributed by atoms with Crippen molar-refractivity contribution in [1.82, 2.24) is 4.90 Å². The highest BCUT2D eigenvalue weighted by atomic mass is 32.2. The van der Waals surface area contributed by atoms with Crippen molar-refractivity contribution in [3.63, 3.8) is 0 Å². The lowest BCUT2D eigenvalue weighted by Crippen LogP contribution is -2.39. The minimum Gasteiger partial charge on any atom is -0.483 e. The Morgan fingerprint density at radius 2 is 1.90 bits per heavy atom. The summed E-state index contributed by atoms with van der Waals surface area (Å²) in [5.41, 5.74) is 1.46. The molecular formula is C23H23NO4S. The molecule has 1 aromatic heterocycles. The standard InChI is InChI=1S/C23H23NO4S/c1-29-16-10-8-14(9-11-16)20-19-21(25)17-6-2-3-7-18(17)28-22(19)23(26)24(20)13-15-5-4-12-27-15/h4-5,8-12,17-18,20H,2-3,6-7,13H2,1H3. The monoisotopic (exact) mass is 409 g/mol. The number of hydrogen-bond donors (Lipinski definition) is 0. The van der Waals surface area contributed by atoms with E-state index < -0.39 is 6.04 Å². The van der Waals surface area contributed by atoms with Gasteiger partial charge in [0.25, 0.3) is 5.91 Å². The van der Waals surface area contributed by atoms with Gasteiger partial charge in [-0.05, 0) is 55.3 Å². The van der Waals surface area contributed by atoms with E-state index in [9.17, 15) is 9.59 Å². The Kier molecular flexibility index (Phi) is 4.74. The van der Waals surface area contributed by atoms with Crippen molar-refractivity contribution in [1.29, 1.82) is 0 Å². The van der Waals surface area contributed by atoms with Crippen molar-refractivity contribution in [2.24, 2.45) is 5.92 Å². The first-order chi connectivity index (χ1) is 14.2. The Balaban J connectivity index is 1.58. The van der Waals surface area contributed by atoms with E-state index in [2.05, 4.69) is 0 Å². The van der Waals surface area contributed by atoms with Crippen LogP contribution in [0.15, 0.2) is 63.3 Å². The molecule has 1 saturated carbocycles. The van der Waals surface area contributed by atoms with Gasteiger partial charge in [0.05, 0.1) is 30.3 Å². The van der Waals surface area contributed by atoms with Crippen molar-refractivity contribution >= 4 is 23.5 Å². The van der Waals surface area contributed by atoms with Crippen LogP contribution < -0.4 is 0 Å². The van der Waals surface area contributed by atoms with Crippen molar-refractivity contribution in [2.75, 3.05) is 6.26 Å². The molecule has 1 fully saturated rings. The summed E-state index contributed by atoms with van der Waals surface area (Å²) in [7, 11) is 0. The summed E-state index contributed by atoms with van der Waals surface area (Å²) in [5, 5.41) is 0. The van der Waals surface area contributed by atoms with E-state index in [1.54, 1.807) is 22.9 Å². The molecule has 1 aliphatic carbocycles. The van der Waals surface area contributed by atoms with E-state index in [0.717, 1.165) is 36.1 Å². The third-order valence-corrected chi connectivity index (χ3v) is 6.94. The largest absolute Gasteiger partial charge is 0.483 e. The summed E-state index contributed by atoms with van der Waals surface area (Å²) in [6.07, 6.45) is 7.22. The molecule has 3 heterocycles. The number of rotatable bonds is 4. The Morgan fingerprint density at radius 3 is 2.62 bits per heavy atom. The number of nitrogens with zero attached hydrogens (tertiary/aromatic N) is 1. The maximum Gasteiger partial charge on any atom is 0.290 e. The molecule has 5 nitrogen and oxygen atoms in total. The minimum absolute atomic E-state index is 0.0881. The normalized spacial score (nSPS) is 26.4. The molecule has 3 unspecified atom stereocenters. The van der Waals surface area contributed by atoms with Crippen LogP contribution in [0.1, 0.15) is 43.0 Å². The Morgan fingerprint density at radius 1 is 1.10 bits per heavy atom. The first-order valence-corrected chi connectivity index (χ1v) is 11.3. The second kappa shape index (κ2) is 7.41. The van der Waals surface area contributed by atoms with Gasteiger partial charge in [-0.2, -0.15) is 0 Å². The number of carbonyl (C=O) groups is 2. The number of ether oxygens (including phenoxy) is 1. The van der Waals surface area contributed by atoms with Crippen LogP contribution in [-0.4, -0.2) is 29.0 Å². The van der Waals surface area contributed by atoms with Crippen molar-refractivity contribution in [2.45, 2.75) is 49.3 Å². The molecule has 0 radical (unpaired) electrons. The highest BCUT2D eigenvalue weighted by Gasteiger charge is 2.52. The summed E-state index contributed by atoms with van der Waals surface area (Å²) in [4.78, 5) is 29.7. The van der Waals surface area contributed by atoms with Gasteiger partial charge in [0.1, 0.15) is 11.9 Å². The molecule has 0 bridgehead atoms. The molecule has 29 heavy (non-hydrogen) atoms. The number of furan rings is 1. The highest BCUT2D eigenvalue weighted by Crippen LogP contribution is 2.47. The minimum atomic E-state index is -0.436. The van der Waals surface area contributed by atoms with Crippen LogP contribution in [0, 0.1) is 5.92 Å². The summed E-state index contributed by atoms with van der Waals surface area (Å²) in [6, 6.07) is 11.3. The van der Waals surface area contributed by atoms with E-state index in [-0.39, 0.29) is 29.5 Å². The zero-order valence-electron chi connectivity index (χ0n) is 16.3. The van der Waals surface area contributed by atoms with Crippen LogP contribution >= 0.6 is 11.8 Å². The van der Waals surface area contributed by atoms with Crippen molar-refractivity contribution in [3.05, 3.63) is 65.3 Å². The maximum atomic E-state index is 13.5. The Hall–Kier alpha value is -2.47. The fraction of sp³-hybridized carbons (Fsp3) is 0.391. The average molecular weight is 410 g/mol. The third kappa shape index (κ3) is 3.10. The molecule has 0 saturated heterocycles. The number of hydrogen-bond acceptors (Lipinski definition) is 5. The molecule has 3 aliphatic rings. The van der Waals surface area contributed by atoms with Gasteiger partial charge in [0.2, 0.25) is 0 Å². The van der Waals surface area contributed by atoms with Crippen molar-refractivity contribution in [3.8, 4) is 0 Å². The fourth-order valence-electron chi connectivity index (χ4n) is 4.76. The lowest BCUT2D eigenvalue weighted by atomic mass is 9.77. The molecule has 0 N–H and O–H groups in total.